The fraction of sp³-hybridized carbons (Fsp3) is 0.938. The van der Waals surface area contributed by atoms with Gasteiger partial charge in [-0.15, -0.1) is 12.6 Å². The summed E-state index contributed by atoms with van der Waals surface area (Å²) in [6.45, 7) is 4.53. The van der Waals surface area contributed by atoms with E-state index in [2.05, 4.69) is 26.5 Å². The second kappa shape index (κ2) is 29.1. The van der Waals surface area contributed by atoms with E-state index in [9.17, 15) is 9.59 Å². The van der Waals surface area contributed by atoms with Crippen LogP contribution in [0.3, 0.4) is 0 Å². The number of hydrogen-bond acceptors (Lipinski definition) is 3. The Hall–Kier alpha value is -0.510. The summed E-state index contributed by atoms with van der Waals surface area (Å²) in [5.74, 6) is -0.139. The predicted molar refractivity (Wildman–Crippen MR) is 160 cm³/mol. The number of rotatable bonds is 29. The Morgan fingerprint density at radius 1 is 0.528 bits per heavy atom. The first-order valence-corrected chi connectivity index (χ1v) is 16.5. The molecule has 214 valence electrons. The van der Waals surface area contributed by atoms with Gasteiger partial charge in [-0.2, -0.15) is 0 Å². The normalized spacial score (nSPS) is 12.1. The van der Waals surface area contributed by atoms with Crippen molar-refractivity contribution in [3.63, 3.8) is 0 Å². The molecule has 1 unspecified atom stereocenters. The van der Waals surface area contributed by atoms with Gasteiger partial charge in [0.05, 0.1) is 6.42 Å². The van der Waals surface area contributed by atoms with Gasteiger partial charge in [0.15, 0.2) is 5.12 Å². The maximum Gasteiger partial charge on any atom is 0.306 e. The van der Waals surface area contributed by atoms with Gasteiger partial charge in [-0.3, -0.25) is 9.59 Å². The molecule has 0 aliphatic rings. The van der Waals surface area contributed by atoms with E-state index in [4.69, 9.17) is 4.74 Å². The quantitative estimate of drug-likeness (QED) is 0.0598. The number of carbonyl (C=O) groups excluding carboxylic acids is 2. The van der Waals surface area contributed by atoms with E-state index in [0.29, 0.717) is 6.42 Å². The smallest absolute Gasteiger partial charge is 0.306 e. The highest BCUT2D eigenvalue weighted by Gasteiger charge is 2.16. The van der Waals surface area contributed by atoms with Crippen LogP contribution in [-0.4, -0.2) is 17.2 Å². The summed E-state index contributed by atoms with van der Waals surface area (Å²) in [5, 5.41) is -0.185. The summed E-state index contributed by atoms with van der Waals surface area (Å²) in [5.41, 5.74) is 0. The van der Waals surface area contributed by atoms with E-state index in [1.807, 2.05) is 0 Å². The maximum atomic E-state index is 12.3. The highest BCUT2D eigenvalue weighted by molar-refractivity contribution is 7.96. The van der Waals surface area contributed by atoms with Gasteiger partial charge in [-0.25, -0.2) is 0 Å². The lowest BCUT2D eigenvalue weighted by molar-refractivity contribution is -0.150. The summed E-state index contributed by atoms with van der Waals surface area (Å²) in [7, 11) is 0. The first-order chi connectivity index (χ1) is 17.6. The van der Waals surface area contributed by atoms with E-state index in [-0.39, 0.29) is 23.6 Å². The van der Waals surface area contributed by atoms with E-state index in [1.54, 1.807) is 0 Å². The lowest BCUT2D eigenvalue weighted by Gasteiger charge is -2.16. The van der Waals surface area contributed by atoms with E-state index >= 15 is 0 Å². The van der Waals surface area contributed by atoms with Crippen molar-refractivity contribution in [3.8, 4) is 0 Å². The lowest BCUT2D eigenvalue weighted by Crippen LogP contribution is -2.20. The molecule has 4 heteroatoms. The number of unbranched alkanes of at least 4 members (excludes halogenated alkanes) is 22. The Labute approximate surface area is 231 Å². The molecule has 0 aromatic heterocycles. The van der Waals surface area contributed by atoms with Gasteiger partial charge >= 0.3 is 5.97 Å². The SMILES string of the molecule is CCCCCCCCCCCCCCCCCC(=O)OC(CCCCCCCCCCC)CC(=O)S. The number of hydrogen-bond donors (Lipinski definition) is 1. The zero-order valence-electron chi connectivity index (χ0n) is 24.3. The first-order valence-electron chi connectivity index (χ1n) is 16.0. The molecular formula is C32H62O3S. The Morgan fingerprint density at radius 2 is 0.861 bits per heavy atom. The van der Waals surface area contributed by atoms with Crippen molar-refractivity contribution in [2.75, 3.05) is 0 Å². The molecule has 0 saturated carbocycles. The molecule has 0 N–H and O–H groups in total. The summed E-state index contributed by atoms with van der Waals surface area (Å²) in [6.07, 6.45) is 32.4. The van der Waals surface area contributed by atoms with Gasteiger partial charge in [0, 0.05) is 6.42 Å². The van der Waals surface area contributed by atoms with Crippen molar-refractivity contribution in [3.05, 3.63) is 0 Å². The van der Waals surface area contributed by atoms with Gasteiger partial charge in [0.25, 0.3) is 0 Å². The zero-order valence-corrected chi connectivity index (χ0v) is 25.2. The third kappa shape index (κ3) is 28.1. The standard InChI is InChI=1S/C32H62O3S/c1-3-5-7-9-11-13-14-15-16-17-18-20-22-24-26-28-31(33)35-30(29-32(34)36)27-25-23-21-19-12-10-8-6-4-2/h30H,3-29H2,1-2H3,(H,34,36). The average Bonchev–Trinajstić information content (AvgIpc) is 2.85. The summed E-state index contributed by atoms with van der Waals surface area (Å²) in [4.78, 5) is 23.7. The molecule has 0 aromatic carbocycles. The minimum Gasteiger partial charge on any atom is -0.462 e. The van der Waals surface area contributed by atoms with E-state index in [1.165, 1.54) is 128 Å². The maximum absolute atomic E-state index is 12.3. The second-order valence-electron chi connectivity index (χ2n) is 11.0. The van der Waals surface area contributed by atoms with Crippen LogP contribution in [0.5, 0.6) is 0 Å². The molecule has 3 nitrogen and oxygen atoms in total. The van der Waals surface area contributed by atoms with Crippen LogP contribution in [0.1, 0.15) is 187 Å². The molecule has 0 aliphatic carbocycles. The third-order valence-corrected chi connectivity index (χ3v) is 7.50. The second-order valence-corrected chi connectivity index (χ2v) is 11.5. The Morgan fingerprint density at radius 3 is 1.22 bits per heavy atom. The number of thiol groups is 1. The van der Waals surface area contributed by atoms with Crippen molar-refractivity contribution in [2.24, 2.45) is 0 Å². The van der Waals surface area contributed by atoms with Crippen molar-refractivity contribution in [1.82, 2.24) is 0 Å². The van der Waals surface area contributed by atoms with Crippen LogP contribution in [0.25, 0.3) is 0 Å². The molecule has 0 aliphatic heterocycles. The highest BCUT2D eigenvalue weighted by Crippen LogP contribution is 2.17. The molecule has 0 bridgehead atoms. The van der Waals surface area contributed by atoms with Crippen LogP contribution < -0.4 is 0 Å². The zero-order chi connectivity index (χ0) is 26.5. The van der Waals surface area contributed by atoms with Crippen LogP contribution in [0.15, 0.2) is 0 Å². The largest absolute Gasteiger partial charge is 0.462 e. The molecule has 0 radical (unpaired) electrons. The highest BCUT2D eigenvalue weighted by atomic mass is 32.1. The molecule has 1 atom stereocenters. The van der Waals surface area contributed by atoms with Gasteiger partial charge in [0.1, 0.15) is 6.10 Å². The third-order valence-electron chi connectivity index (χ3n) is 7.31. The molecule has 0 rings (SSSR count). The van der Waals surface area contributed by atoms with Crippen molar-refractivity contribution < 1.29 is 14.3 Å². The first kappa shape index (κ1) is 35.5. The number of ether oxygens (including phenoxy) is 1. The van der Waals surface area contributed by atoms with Gasteiger partial charge in [-0.1, -0.05) is 155 Å². The van der Waals surface area contributed by atoms with Crippen LogP contribution in [0, 0.1) is 0 Å². The van der Waals surface area contributed by atoms with Crippen LogP contribution in [0.4, 0.5) is 0 Å². The summed E-state index contributed by atoms with van der Waals surface area (Å²) >= 11 is 3.91. The molecule has 0 fully saturated rings. The lowest BCUT2D eigenvalue weighted by atomic mass is 10.0. The van der Waals surface area contributed by atoms with E-state index in [0.717, 1.165) is 32.1 Å². The van der Waals surface area contributed by atoms with Crippen molar-refractivity contribution in [2.45, 2.75) is 193 Å². The van der Waals surface area contributed by atoms with Gasteiger partial charge < -0.3 is 4.74 Å². The Balaban J connectivity index is 3.62. The summed E-state index contributed by atoms with van der Waals surface area (Å²) in [6, 6.07) is 0. The topological polar surface area (TPSA) is 43.4 Å². The van der Waals surface area contributed by atoms with Crippen LogP contribution >= 0.6 is 12.6 Å². The van der Waals surface area contributed by atoms with Gasteiger partial charge in [-0.05, 0) is 19.3 Å². The summed E-state index contributed by atoms with van der Waals surface area (Å²) < 4.78 is 5.64. The van der Waals surface area contributed by atoms with Gasteiger partial charge in [0.2, 0.25) is 0 Å². The molecule has 36 heavy (non-hydrogen) atoms. The molecule has 0 amide bonds. The molecule has 0 saturated heterocycles. The minimum atomic E-state index is -0.289. The van der Waals surface area contributed by atoms with E-state index < -0.39 is 0 Å². The van der Waals surface area contributed by atoms with Crippen molar-refractivity contribution in [1.29, 1.82) is 0 Å². The monoisotopic (exact) mass is 526 g/mol. The average molecular weight is 527 g/mol. The molecular weight excluding hydrogens is 464 g/mol. The number of carbonyl (C=O) groups is 2. The fourth-order valence-electron chi connectivity index (χ4n) is 4.97. The number of esters is 1. The van der Waals surface area contributed by atoms with Crippen molar-refractivity contribution >= 4 is 23.7 Å². The fourth-order valence-corrected chi connectivity index (χ4v) is 5.17. The molecule has 0 heterocycles. The molecule has 0 spiro atoms. The molecule has 0 aromatic rings. The predicted octanol–water partition coefficient (Wildman–Crippen LogP) is 10.9. The van der Waals surface area contributed by atoms with Crippen LogP contribution in [-0.2, 0) is 14.3 Å². The minimum absolute atomic E-state index is 0.139. The van der Waals surface area contributed by atoms with Crippen LogP contribution in [0.2, 0.25) is 0 Å². The Bertz CT molecular complexity index is 480. The Kier molecular flexibility index (Phi) is 28.6.